The zero-order chi connectivity index (χ0) is 6.69. The Morgan fingerprint density at radius 1 is 1.44 bits per heavy atom. The highest BCUT2D eigenvalue weighted by Crippen LogP contribution is 2.13. The maximum absolute atomic E-state index is 8.63. The van der Waals surface area contributed by atoms with Gasteiger partial charge in [-0.3, -0.25) is 0 Å². The predicted octanol–water partition coefficient (Wildman–Crippen LogP) is 0.101. The molecule has 0 saturated carbocycles. The van der Waals surface area contributed by atoms with Crippen LogP contribution in [0.5, 0.6) is 0 Å². The minimum atomic E-state index is -1.24. The van der Waals surface area contributed by atoms with E-state index in [0.717, 1.165) is 19.3 Å². The lowest BCUT2D eigenvalue weighted by molar-refractivity contribution is -0.0699. The van der Waals surface area contributed by atoms with Crippen LogP contribution >= 0.6 is 0 Å². The number of hydrogen-bond donors (Lipinski definition) is 2. The molecule has 0 aromatic rings. The molecule has 2 nitrogen and oxygen atoms in total. The molecule has 0 amide bonds. The first-order valence-corrected chi connectivity index (χ1v) is 3.15. The van der Waals surface area contributed by atoms with Crippen molar-refractivity contribution in [3.8, 4) is 11.8 Å². The van der Waals surface area contributed by atoms with Gasteiger partial charge in [-0.05, 0) is 12.8 Å². The second kappa shape index (κ2) is 2.86. The number of aliphatic hydroxyl groups excluding tert-OH is 1. The average Bonchev–Trinajstić information content (AvgIpc) is 1.90. The van der Waals surface area contributed by atoms with Crippen LogP contribution in [0.1, 0.15) is 19.3 Å². The maximum Gasteiger partial charge on any atom is 0.165 e. The van der Waals surface area contributed by atoms with Crippen molar-refractivity contribution in [1.29, 1.82) is 0 Å². The lowest BCUT2D eigenvalue weighted by Gasteiger charge is -2.13. The summed E-state index contributed by atoms with van der Waals surface area (Å²) >= 11 is 0. The Balaban J connectivity index is 2.46. The minimum Gasteiger partial charge on any atom is -0.367 e. The first-order chi connectivity index (χ1) is 4.30. The predicted molar refractivity (Wildman–Crippen MR) is 33.3 cm³/mol. The Kier molecular flexibility index (Phi) is 2.10. The van der Waals surface area contributed by atoms with Crippen LogP contribution in [0, 0.1) is 17.8 Å². The van der Waals surface area contributed by atoms with E-state index in [1.165, 1.54) is 0 Å². The molecule has 50 valence electrons. The van der Waals surface area contributed by atoms with Gasteiger partial charge in [-0.25, -0.2) is 0 Å². The van der Waals surface area contributed by atoms with Crippen molar-refractivity contribution in [2.75, 3.05) is 0 Å². The number of hydrogen-bond acceptors (Lipinski definition) is 2. The minimum absolute atomic E-state index is 0.196. The Labute approximate surface area is 54.5 Å². The summed E-state index contributed by atoms with van der Waals surface area (Å²) in [7, 11) is 0. The van der Waals surface area contributed by atoms with Crippen molar-refractivity contribution < 1.29 is 10.2 Å². The molecule has 1 aliphatic carbocycles. The molecule has 0 saturated heterocycles. The van der Waals surface area contributed by atoms with Crippen molar-refractivity contribution in [1.82, 2.24) is 0 Å². The molecule has 0 aliphatic heterocycles. The van der Waals surface area contributed by atoms with E-state index in [1.807, 2.05) is 0 Å². The second-order valence-electron chi connectivity index (χ2n) is 2.23. The van der Waals surface area contributed by atoms with E-state index in [9.17, 15) is 0 Å². The fraction of sp³-hybridized carbons (Fsp3) is 0.714. The summed E-state index contributed by atoms with van der Waals surface area (Å²) in [6, 6.07) is 0. The molecule has 0 heterocycles. The van der Waals surface area contributed by atoms with Crippen LogP contribution in [0.15, 0.2) is 0 Å². The van der Waals surface area contributed by atoms with Crippen LogP contribution < -0.4 is 0 Å². The zero-order valence-electron chi connectivity index (χ0n) is 5.17. The molecular weight excluding hydrogens is 116 g/mol. The molecular formula is C7H10O2. The highest BCUT2D eigenvalue weighted by Gasteiger charge is 2.14. The third kappa shape index (κ3) is 1.70. The third-order valence-corrected chi connectivity index (χ3v) is 1.46. The smallest absolute Gasteiger partial charge is 0.165 e. The van der Waals surface area contributed by atoms with Crippen LogP contribution in [0.3, 0.4) is 0 Å². The maximum atomic E-state index is 8.63. The average molecular weight is 126 g/mol. The van der Waals surface area contributed by atoms with Gasteiger partial charge in [0.25, 0.3) is 0 Å². The van der Waals surface area contributed by atoms with Crippen LogP contribution in [0.2, 0.25) is 0 Å². The molecule has 2 N–H and O–H groups in total. The van der Waals surface area contributed by atoms with Crippen molar-refractivity contribution >= 4 is 0 Å². The molecule has 9 heavy (non-hydrogen) atoms. The van der Waals surface area contributed by atoms with Crippen LogP contribution in [0.25, 0.3) is 0 Å². The van der Waals surface area contributed by atoms with Gasteiger partial charge in [-0.15, -0.1) is 5.92 Å². The van der Waals surface area contributed by atoms with Gasteiger partial charge >= 0.3 is 0 Å². The normalized spacial score (nSPS) is 25.4. The molecule has 0 fully saturated rings. The van der Waals surface area contributed by atoms with Crippen molar-refractivity contribution in [2.24, 2.45) is 5.92 Å². The van der Waals surface area contributed by atoms with Gasteiger partial charge in [0.1, 0.15) is 0 Å². The summed E-state index contributed by atoms with van der Waals surface area (Å²) in [5.74, 6) is 5.42. The topological polar surface area (TPSA) is 40.5 Å². The van der Waals surface area contributed by atoms with E-state index in [1.54, 1.807) is 0 Å². The van der Waals surface area contributed by atoms with Crippen LogP contribution in [-0.4, -0.2) is 16.5 Å². The Hall–Kier alpha value is -0.520. The van der Waals surface area contributed by atoms with E-state index in [2.05, 4.69) is 11.8 Å². The van der Waals surface area contributed by atoms with Crippen LogP contribution in [-0.2, 0) is 0 Å². The lowest BCUT2D eigenvalue weighted by Crippen LogP contribution is -2.19. The monoisotopic (exact) mass is 126 g/mol. The second-order valence-corrected chi connectivity index (χ2v) is 2.23. The van der Waals surface area contributed by atoms with Gasteiger partial charge in [-0.1, -0.05) is 5.92 Å². The number of aliphatic hydroxyl groups is 2. The third-order valence-electron chi connectivity index (χ3n) is 1.46. The van der Waals surface area contributed by atoms with Gasteiger partial charge in [0, 0.05) is 6.42 Å². The molecule has 1 atom stereocenters. The molecule has 1 aliphatic rings. The standard InChI is InChI=1S/C7H10O2/c8-7(9)6-4-2-1-3-5-6/h6-9H,1-2,4H2. The largest absolute Gasteiger partial charge is 0.367 e. The van der Waals surface area contributed by atoms with Gasteiger partial charge in [0.15, 0.2) is 6.29 Å². The van der Waals surface area contributed by atoms with Crippen molar-refractivity contribution in [3.05, 3.63) is 0 Å². The fourth-order valence-electron chi connectivity index (χ4n) is 0.909. The molecule has 1 unspecified atom stereocenters. The first kappa shape index (κ1) is 6.60. The van der Waals surface area contributed by atoms with Gasteiger partial charge < -0.3 is 10.2 Å². The van der Waals surface area contributed by atoms with Gasteiger partial charge in [-0.2, -0.15) is 0 Å². The van der Waals surface area contributed by atoms with E-state index < -0.39 is 6.29 Å². The quantitative estimate of drug-likeness (QED) is 0.386. The summed E-state index contributed by atoms with van der Waals surface area (Å²) in [4.78, 5) is 0. The fourth-order valence-corrected chi connectivity index (χ4v) is 0.909. The van der Waals surface area contributed by atoms with Gasteiger partial charge in [0.2, 0.25) is 0 Å². The summed E-state index contributed by atoms with van der Waals surface area (Å²) in [6.07, 6.45) is 1.49. The molecule has 0 aromatic carbocycles. The molecule has 0 spiro atoms. The van der Waals surface area contributed by atoms with Gasteiger partial charge in [0.05, 0.1) is 5.92 Å². The summed E-state index contributed by atoms with van der Waals surface area (Å²) in [5.41, 5.74) is 0. The van der Waals surface area contributed by atoms with E-state index in [4.69, 9.17) is 10.2 Å². The highest BCUT2D eigenvalue weighted by molar-refractivity contribution is 5.07. The van der Waals surface area contributed by atoms with Crippen molar-refractivity contribution in [2.45, 2.75) is 25.6 Å². The first-order valence-electron chi connectivity index (χ1n) is 3.15. The van der Waals surface area contributed by atoms with E-state index in [0.29, 0.717) is 0 Å². The zero-order valence-corrected chi connectivity index (χ0v) is 5.17. The van der Waals surface area contributed by atoms with E-state index >= 15 is 0 Å². The van der Waals surface area contributed by atoms with Crippen LogP contribution in [0.4, 0.5) is 0 Å². The molecule has 0 bridgehead atoms. The number of rotatable bonds is 1. The molecule has 1 rings (SSSR count). The lowest BCUT2D eigenvalue weighted by atomic mass is 9.98. The Morgan fingerprint density at radius 3 is 2.56 bits per heavy atom. The molecule has 0 radical (unpaired) electrons. The Morgan fingerprint density at radius 2 is 2.22 bits per heavy atom. The summed E-state index contributed by atoms with van der Waals surface area (Å²) in [5, 5.41) is 17.3. The van der Waals surface area contributed by atoms with Crippen molar-refractivity contribution in [3.63, 3.8) is 0 Å². The summed E-state index contributed by atoms with van der Waals surface area (Å²) in [6.45, 7) is 0. The molecule has 0 aromatic heterocycles. The molecule has 2 heteroatoms. The highest BCUT2D eigenvalue weighted by atomic mass is 16.5. The van der Waals surface area contributed by atoms with E-state index in [-0.39, 0.29) is 5.92 Å². The SMILES string of the molecule is OC(O)C1C#CCCC1. The summed E-state index contributed by atoms with van der Waals surface area (Å²) < 4.78 is 0. The Bertz CT molecular complexity index is 141.